The third-order valence-corrected chi connectivity index (χ3v) is 5.22. The summed E-state index contributed by atoms with van der Waals surface area (Å²) < 4.78 is 42.7. The summed E-state index contributed by atoms with van der Waals surface area (Å²) in [7, 11) is 0. The number of fused-ring (bicyclic) bond motifs is 1. The van der Waals surface area contributed by atoms with Gasteiger partial charge in [0.15, 0.2) is 0 Å². The van der Waals surface area contributed by atoms with Crippen molar-refractivity contribution >= 4 is 11.8 Å². The van der Waals surface area contributed by atoms with Crippen LogP contribution in [0.3, 0.4) is 0 Å². The number of ether oxygens (including phenoxy) is 1. The van der Waals surface area contributed by atoms with Gasteiger partial charge < -0.3 is 15.0 Å². The lowest BCUT2D eigenvalue weighted by molar-refractivity contribution is -0.162. The van der Waals surface area contributed by atoms with Gasteiger partial charge in [-0.3, -0.25) is 14.5 Å². The van der Waals surface area contributed by atoms with Crippen LogP contribution in [0, 0.1) is 0 Å². The number of para-hydroxylation sites is 1. The van der Waals surface area contributed by atoms with Crippen LogP contribution in [0.25, 0.3) is 0 Å². The van der Waals surface area contributed by atoms with Crippen LogP contribution >= 0.6 is 0 Å². The van der Waals surface area contributed by atoms with Gasteiger partial charge in [-0.1, -0.05) is 18.2 Å². The number of alkyl halides is 3. The van der Waals surface area contributed by atoms with E-state index in [9.17, 15) is 22.8 Å². The molecule has 1 N–H and O–H groups in total. The molecule has 3 rings (SSSR count). The third kappa shape index (κ3) is 4.95. The van der Waals surface area contributed by atoms with Crippen molar-refractivity contribution in [3.05, 3.63) is 29.8 Å². The zero-order valence-corrected chi connectivity index (χ0v) is 15.7. The summed E-state index contributed by atoms with van der Waals surface area (Å²) in [6, 6.07) is 7.01. The van der Waals surface area contributed by atoms with Crippen molar-refractivity contribution in [2.24, 2.45) is 0 Å². The highest BCUT2D eigenvalue weighted by molar-refractivity contribution is 5.82. The number of carbonyl (C=O) groups is 2. The van der Waals surface area contributed by atoms with Crippen LogP contribution in [0.4, 0.5) is 13.2 Å². The molecular formula is C19H24F3N3O3. The van der Waals surface area contributed by atoms with E-state index in [1.165, 1.54) is 4.90 Å². The smallest absolute Gasteiger partial charge is 0.397 e. The van der Waals surface area contributed by atoms with Crippen LogP contribution in [-0.2, 0) is 9.59 Å². The van der Waals surface area contributed by atoms with Gasteiger partial charge in [0.05, 0.1) is 18.7 Å². The Morgan fingerprint density at radius 3 is 2.57 bits per heavy atom. The van der Waals surface area contributed by atoms with Crippen LogP contribution < -0.4 is 10.1 Å². The van der Waals surface area contributed by atoms with Crippen LogP contribution in [-0.4, -0.2) is 66.6 Å². The van der Waals surface area contributed by atoms with E-state index in [1.54, 1.807) is 6.92 Å². The molecule has 2 amide bonds. The van der Waals surface area contributed by atoms with E-state index in [0.29, 0.717) is 26.1 Å². The molecule has 2 aliphatic heterocycles. The van der Waals surface area contributed by atoms with Gasteiger partial charge in [-0.2, -0.15) is 13.2 Å². The number of nitrogens with zero attached hydrogens (tertiary/aromatic N) is 2. The molecule has 1 aromatic carbocycles. The lowest BCUT2D eigenvalue weighted by Gasteiger charge is -2.38. The first kappa shape index (κ1) is 20.4. The number of amides is 2. The predicted molar refractivity (Wildman–Crippen MR) is 95.7 cm³/mol. The van der Waals surface area contributed by atoms with Crippen LogP contribution in [0.5, 0.6) is 5.75 Å². The highest BCUT2D eigenvalue weighted by atomic mass is 19.4. The molecule has 0 spiro atoms. The van der Waals surface area contributed by atoms with Gasteiger partial charge in [-0.25, -0.2) is 0 Å². The maximum absolute atomic E-state index is 12.7. The Labute approximate surface area is 161 Å². The number of nitrogens with one attached hydrogen (secondary N) is 1. The normalized spacial score (nSPS) is 21.4. The predicted octanol–water partition coefficient (Wildman–Crippen LogP) is 2.11. The van der Waals surface area contributed by atoms with Crippen molar-refractivity contribution < 1.29 is 27.5 Å². The van der Waals surface area contributed by atoms with Crippen molar-refractivity contribution in [3.63, 3.8) is 0 Å². The molecule has 0 radical (unpaired) electrons. The van der Waals surface area contributed by atoms with Crippen LogP contribution in [0.15, 0.2) is 24.3 Å². The minimum atomic E-state index is -4.50. The number of piperazine rings is 1. The van der Waals surface area contributed by atoms with Gasteiger partial charge in [0.25, 0.3) is 0 Å². The van der Waals surface area contributed by atoms with Crippen molar-refractivity contribution in [3.8, 4) is 5.75 Å². The lowest BCUT2D eigenvalue weighted by Crippen LogP contribution is -2.55. The number of halogens is 3. The standard InChI is InChI=1S/C19H24F3N3O3/c1-13(24-7-9-25(10-8-24)17(26)12-19(20,21)22)18(27)23-15-6-11-28-16-5-3-2-4-14(15)16/h2-5,13,15H,6-12H2,1H3,(H,23,27). The Bertz CT molecular complexity index is 718. The maximum Gasteiger partial charge on any atom is 0.397 e. The Hall–Kier alpha value is -2.29. The molecule has 1 saturated heterocycles. The summed E-state index contributed by atoms with van der Waals surface area (Å²) in [5.74, 6) is -0.289. The van der Waals surface area contributed by atoms with Gasteiger partial charge >= 0.3 is 6.18 Å². The monoisotopic (exact) mass is 399 g/mol. The molecule has 0 saturated carbocycles. The third-order valence-electron chi connectivity index (χ3n) is 5.22. The molecule has 0 aliphatic carbocycles. The Balaban J connectivity index is 1.52. The fourth-order valence-electron chi connectivity index (χ4n) is 3.59. The molecule has 9 heteroatoms. The zero-order chi connectivity index (χ0) is 20.3. The fourth-order valence-corrected chi connectivity index (χ4v) is 3.59. The molecule has 2 unspecified atom stereocenters. The second-order valence-corrected chi connectivity index (χ2v) is 7.12. The number of carbonyl (C=O) groups excluding carboxylic acids is 2. The minimum absolute atomic E-state index is 0.130. The molecule has 2 atom stereocenters. The average molecular weight is 399 g/mol. The molecule has 2 aliphatic rings. The SMILES string of the molecule is CC(C(=O)NC1CCOc2ccccc21)N1CCN(C(=O)CC(F)(F)F)CC1. The first-order chi connectivity index (χ1) is 13.2. The second-order valence-electron chi connectivity index (χ2n) is 7.12. The highest BCUT2D eigenvalue weighted by Gasteiger charge is 2.35. The topological polar surface area (TPSA) is 61.9 Å². The maximum atomic E-state index is 12.7. The number of rotatable bonds is 4. The van der Waals surface area contributed by atoms with E-state index >= 15 is 0 Å². The Morgan fingerprint density at radius 2 is 1.89 bits per heavy atom. The van der Waals surface area contributed by atoms with E-state index in [1.807, 2.05) is 29.2 Å². The first-order valence-corrected chi connectivity index (χ1v) is 9.35. The molecule has 1 aromatic rings. The van der Waals surface area contributed by atoms with E-state index < -0.39 is 24.5 Å². The van der Waals surface area contributed by atoms with E-state index in [-0.39, 0.29) is 25.0 Å². The summed E-state index contributed by atoms with van der Waals surface area (Å²) in [6.07, 6.45) is -5.26. The Kier molecular flexibility index (Phi) is 6.12. The Morgan fingerprint density at radius 1 is 1.21 bits per heavy atom. The summed E-state index contributed by atoms with van der Waals surface area (Å²) in [5.41, 5.74) is 0.942. The minimum Gasteiger partial charge on any atom is -0.493 e. The van der Waals surface area contributed by atoms with E-state index in [4.69, 9.17) is 4.74 Å². The largest absolute Gasteiger partial charge is 0.493 e. The summed E-state index contributed by atoms with van der Waals surface area (Å²) in [5, 5.41) is 3.05. The van der Waals surface area contributed by atoms with Crippen molar-refractivity contribution in [1.82, 2.24) is 15.1 Å². The lowest BCUT2D eigenvalue weighted by atomic mass is 10.00. The second kappa shape index (κ2) is 8.38. The van der Waals surface area contributed by atoms with Crippen molar-refractivity contribution in [1.29, 1.82) is 0 Å². The van der Waals surface area contributed by atoms with Gasteiger partial charge in [0.2, 0.25) is 11.8 Å². The first-order valence-electron chi connectivity index (χ1n) is 9.35. The molecule has 0 aromatic heterocycles. The number of hydrogen-bond donors (Lipinski definition) is 1. The summed E-state index contributed by atoms with van der Waals surface area (Å²) in [6.45, 7) is 3.40. The highest BCUT2D eigenvalue weighted by Crippen LogP contribution is 2.31. The van der Waals surface area contributed by atoms with Crippen molar-refractivity contribution in [2.45, 2.75) is 38.0 Å². The molecule has 0 bridgehead atoms. The summed E-state index contributed by atoms with van der Waals surface area (Å²) >= 11 is 0. The van der Waals surface area contributed by atoms with E-state index in [2.05, 4.69) is 5.32 Å². The van der Waals surface area contributed by atoms with Crippen molar-refractivity contribution in [2.75, 3.05) is 32.8 Å². The molecule has 2 heterocycles. The number of benzene rings is 1. The fraction of sp³-hybridized carbons (Fsp3) is 0.579. The van der Waals surface area contributed by atoms with Gasteiger partial charge in [-0.05, 0) is 13.0 Å². The van der Waals surface area contributed by atoms with E-state index in [0.717, 1.165) is 11.3 Å². The number of hydrogen-bond acceptors (Lipinski definition) is 4. The van der Waals surface area contributed by atoms with Gasteiger partial charge in [0, 0.05) is 38.2 Å². The molecule has 28 heavy (non-hydrogen) atoms. The molecule has 154 valence electrons. The molecule has 1 fully saturated rings. The molecule has 6 nitrogen and oxygen atoms in total. The summed E-state index contributed by atoms with van der Waals surface area (Å²) in [4.78, 5) is 27.5. The molecular weight excluding hydrogens is 375 g/mol. The van der Waals surface area contributed by atoms with Crippen LogP contribution in [0.2, 0.25) is 0 Å². The quantitative estimate of drug-likeness (QED) is 0.843. The van der Waals surface area contributed by atoms with Gasteiger partial charge in [0.1, 0.15) is 12.2 Å². The zero-order valence-electron chi connectivity index (χ0n) is 15.7. The average Bonchev–Trinajstić information content (AvgIpc) is 2.66. The van der Waals surface area contributed by atoms with Crippen LogP contribution in [0.1, 0.15) is 31.4 Å². The van der Waals surface area contributed by atoms with Gasteiger partial charge in [-0.15, -0.1) is 0 Å².